The van der Waals surface area contributed by atoms with E-state index in [1.807, 2.05) is 61.5 Å². The van der Waals surface area contributed by atoms with Crippen molar-refractivity contribution in [3.05, 3.63) is 101 Å². The molecule has 3 N–H and O–H groups in total. The summed E-state index contributed by atoms with van der Waals surface area (Å²) in [6.45, 7) is 2.49. The number of benzene rings is 3. The van der Waals surface area contributed by atoms with Crippen LogP contribution >= 0.6 is 12.2 Å². The van der Waals surface area contributed by atoms with Crippen molar-refractivity contribution in [2.45, 2.75) is 19.8 Å². The van der Waals surface area contributed by atoms with Gasteiger partial charge in [-0.15, -0.1) is 0 Å². The van der Waals surface area contributed by atoms with Gasteiger partial charge in [0, 0.05) is 6.54 Å². The molecule has 0 heterocycles. The van der Waals surface area contributed by atoms with Crippen molar-refractivity contribution in [3.8, 4) is 0 Å². The van der Waals surface area contributed by atoms with Gasteiger partial charge in [0.2, 0.25) is 5.91 Å². The van der Waals surface area contributed by atoms with Crippen molar-refractivity contribution in [1.29, 1.82) is 0 Å². The SMILES string of the molecule is Cc1ccccc1CC(=O)NC(=S)Nc1ccccc1C(=O)NCCc1ccccc1. The molecule has 3 aromatic carbocycles. The fourth-order valence-electron chi connectivity index (χ4n) is 3.16. The fourth-order valence-corrected chi connectivity index (χ4v) is 3.38. The van der Waals surface area contributed by atoms with Crippen LogP contribution in [0.2, 0.25) is 0 Å². The third-order valence-electron chi connectivity index (χ3n) is 4.83. The van der Waals surface area contributed by atoms with Crippen molar-refractivity contribution in [2.24, 2.45) is 0 Å². The second-order valence-electron chi connectivity index (χ2n) is 7.14. The molecule has 2 amide bonds. The average molecular weight is 432 g/mol. The molecule has 0 aliphatic rings. The van der Waals surface area contributed by atoms with Gasteiger partial charge in [-0.05, 0) is 54.4 Å². The van der Waals surface area contributed by atoms with E-state index in [1.54, 1.807) is 24.3 Å². The summed E-state index contributed by atoms with van der Waals surface area (Å²) in [4.78, 5) is 25.0. The molecular formula is C25H25N3O2S. The Bertz CT molecular complexity index is 1070. The average Bonchev–Trinajstić information content (AvgIpc) is 2.76. The zero-order valence-electron chi connectivity index (χ0n) is 17.4. The Morgan fingerprint density at radius 1 is 0.871 bits per heavy atom. The molecule has 6 heteroatoms. The molecule has 0 fully saturated rings. The normalized spacial score (nSPS) is 10.2. The van der Waals surface area contributed by atoms with Crippen LogP contribution in [0.25, 0.3) is 0 Å². The maximum atomic E-state index is 12.7. The van der Waals surface area contributed by atoms with Crippen molar-refractivity contribution in [2.75, 3.05) is 11.9 Å². The van der Waals surface area contributed by atoms with E-state index in [1.165, 1.54) is 0 Å². The largest absolute Gasteiger partial charge is 0.352 e. The van der Waals surface area contributed by atoms with Crippen molar-refractivity contribution < 1.29 is 9.59 Å². The first-order chi connectivity index (χ1) is 15.0. The molecule has 3 aromatic rings. The zero-order chi connectivity index (χ0) is 22.1. The molecule has 0 saturated carbocycles. The molecule has 0 unspecified atom stereocenters. The Kier molecular flexibility index (Phi) is 7.90. The highest BCUT2D eigenvalue weighted by Gasteiger charge is 2.13. The van der Waals surface area contributed by atoms with E-state index in [4.69, 9.17) is 12.2 Å². The van der Waals surface area contributed by atoms with E-state index in [2.05, 4.69) is 16.0 Å². The number of anilines is 1. The number of nitrogens with one attached hydrogen (secondary N) is 3. The monoisotopic (exact) mass is 431 g/mol. The topological polar surface area (TPSA) is 70.2 Å². The number of amides is 2. The second kappa shape index (κ2) is 11.0. The maximum absolute atomic E-state index is 12.7. The first-order valence-electron chi connectivity index (χ1n) is 10.1. The van der Waals surface area contributed by atoms with Crippen LogP contribution in [0.1, 0.15) is 27.0 Å². The quantitative estimate of drug-likeness (QED) is 0.494. The summed E-state index contributed by atoms with van der Waals surface area (Å²) in [5, 5.41) is 8.74. The highest BCUT2D eigenvalue weighted by atomic mass is 32.1. The summed E-state index contributed by atoms with van der Waals surface area (Å²) in [7, 11) is 0. The Morgan fingerprint density at radius 2 is 1.55 bits per heavy atom. The van der Waals surface area contributed by atoms with Gasteiger partial charge in [-0.1, -0.05) is 66.7 Å². The number of para-hydroxylation sites is 1. The molecule has 0 aliphatic heterocycles. The van der Waals surface area contributed by atoms with Gasteiger partial charge in [-0.3, -0.25) is 9.59 Å². The first kappa shape index (κ1) is 22.2. The molecule has 0 bridgehead atoms. The zero-order valence-corrected chi connectivity index (χ0v) is 18.2. The van der Waals surface area contributed by atoms with E-state index in [-0.39, 0.29) is 23.3 Å². The van der Waals surface area contributed by atoms with Gasteiger partial charge >= 0.3 is 0 Å². The van der Waals surface area contributed by atoms with Crippen molar-refractivity contribution in [3.63, 3.8) is 0 Å². The lowest BCUT2D eigenvalue weighted by Gasteiger charge is -2.14. The van der Waals surface area contributed by atoms with E-state index in [0.717, 1.165) is 23.1 Å². The Hall–Kier alpha value is -3.51. The van der Waals surface area contributed by atoms with Crippen LogP contribution in [0, 0.1) is 6.92 Å². The highest BCUT2D eigenvalue weighted by Crippen LogP contribution is 2.15. The molecule has 0 aliphatic carbocycles. The van der Waals surface area contributed by atoms with E-state index >= 15 is 0 Å². The maximum Gasteiger partial charge on any atom is 0.253 e. The number of aryl methyl sites for hydroxylation is 1. The van der Waals surface area contributed by atoms with Crippen LogP contribution < -0.4 is 16.0 Å². The highest BCUT2D eigenvalue weighted by molar-refractivity contribution is 7.80. The smallest absolute Gasteiger partial charge is 0.253 e. The molecule has 0 aromatic heterocycles. The van der Waals surface area contributed by atoms with Gasteiger partial charge < -0.3 is 16.0 Å². The molecule has 31 heavy (non-hydrogen) atoms. The summed E-state index contributed by atoms with van der Waals surface area (Å²) in [5.41, 5.74) is 4.16. The summed E-state index contributed by atoms with van der Waals surface area (Å²) in [6.07, 6.45) is 0.978. The van der Waals surface area contributed by atoms with E-state index in [0.29, 0.717) is 17.8 Å². The van der Waals surface area contributed by atoms with Gasteiger partial charge in [-0.25, -0.2) is 0 Å². The second-order valence-corrected chi connectivity index (χ2v) is 7.55. The molecule has 158 valence electrons. The van der Waals surface area contributed by atoms with Crippen LogP contribution in [0.15, 0.2) is 78.9 Å². The van der Waals surface area contributed by atoms with Crippen molar-refractivity contribution >= 4 is 34.8 Å². The minimum atomic E-state index is -0.211. The Balaban J connectivity index is 1.55. The minimum absolute atomic E-state index is 0.156. The first-order valence-corrected chi connectivity index (χ1v) is 10.5. The molecule has 5 nitrogen and oxygen atoms in total. The predicted molar refractivity (Wildman–Crippen MR) is 128 cm³/mol. The third kappa shape index (κ3) is 6.76. The standard InChI is InChI=1S/C25H25N3O2S/c1-18-9-5-6-12-20(18)17-23(29)28-25(31)27-22-14-8-7-13-21(22)24(30)26-16-15-19-10-3-2-4-11-19/h2-14H,15-17H2,1H3,(H,26,30)(H2,27,28,29,31). The number of carbonyl (C=O) groups excluding carboxylic acids is 2. The van der Waals surface area contributed by atoms with Gasteiger partial charge in [0.15, 0.2) is 5.11 Å². The number of hydrogen-bond donors (Lipinski definition) is 3. The molecule has 0 spiro atoms. The number of thiocarbonyl (C=S) groups is 1. The van der Waals surface area contributed by atoms with Crippen LogP contribution in [0.5, 0.6) is 0 Å². The van der Waals surface area contributed by atoms with Crippen LogP contribution in [-0.2, 0) is 17.6 Å². The summed E-state index contributed by atoms with van der Waals surface area (Å²) in [6, 6.07) is 24.8. The molecule has 0 saturated heterocycles. The molecule has 0 radical (unpaired) electrons. The van der Waals surface area contributed by atoms with Crippen molar-refractivity contribution in [1.82, 2.24) is 10.6 Å². The van der Waals surface area contributed by atoms with E-state index < -0.39 is 0 Å². The number of carbonyl (C=O) groups is 2. The van der Waals surface area contributed by atoms with Gasteiger partial charge in [0.05, 0.1) is 17.7 Å². The minimum Gasteiger partial charge on any atom is -0.352 e. The Morgan fingerprint density at radius 3 is 2.32 bits per heavy atom. The summed E-state index contributed by atoms with van der Waals surface area (Å²) in [5.74, 6) is -0.412. The summed E-state index contributed by atoms with van der Waals surface area (Å²) < 4.78 is 0. The lowest BCUT2D eigenvalue weighted by molar-refractivity contribution is -0.119. The van der Waals surface area contributed by atoms with Crippen LogP contribution in [0.4, 0.5) is 5.69 Å². The van der Waals surface area contributed by atoms with Crippen LogP contribution in [0.3, 0.4) is 0 Å². The lowest BCUT2D eigenvalue weighted by atomic mass is 10.1. The number of hydrogen-bond acceptors (Lipinski definition) is 3. The van der Waals surface area contributed by atoms with Gasteiger partial charge in [0.1, 0.15) is 0 Å². The lowest BCUT2D eigenvalue weighted by Crippen LogP contribution is -2.36. The third-order valence-corrected chi connectivity index (χ3v) is 5.03. The predicted octanol–water partition coefficient (Wildman–Crippen LogP) is 4.02. The van der Waals surface area contributed by atoms with E-state index in [9.17, 15) is 9.59 Å². The molecular weight excluding hydrogens is 406 g/mol. The molecule has 3 rings (SSSR count). The molecule has 0 atom stereocenters. The van der Waals surface area contributed by atoms with Gasteiger partial charge in [0.25, 0.3) is 5.91 Å². The number of rotatable bonds is 7. The summed E-state index contributed by atoms with van der Waals surface area (Å²) >= 11 is 5.28. The fraction of sp³-hybridized carbons (Fsp3) is 0.160. The Labute approximate surface area is 187 Å². The van der Waals surface area contributed by atoms with Gasteiger partial charge in [-0.2, -0.15) is 0 Å². The van der Waals surface area contributed by atoms with Crippen LogP contribution in [-0.4, -0.2) is 23.5 Å².